The highest BCUT2D eigenvalue weighted by molar-refractivity contribution is 4.93. The lowest BCUT2D eigenvalue weighted by molar-refractivity contribution is 0.0751. The zero-order valence-electron chi connectivity index (χ0n) is 11.3. The predicted molar refractivity (Wildman–Crippen MR) is 69.6 cm³/mol. The molecule has 1 atom stereocenters. The molecule has 1 aliphatic carbocycles. The Morgan fingerprint density at radius 3 is 2.38 bits per heavy atom. The lowest BCUT2D eigenvalue weighted by Crippen LogP contribution is -2.47. The molecule has 2 fully saturated rings. The van der Waals surface area contributed by atoms with Gasteiger partial charge in [-0.1, -0.05) is 20.3 Å². The van der Waals surface area contributed by atoms with E-state index in [0.717, 1.165) is 12.0 Å². The van der Waals surface area contributed by atoms with Crippen molar-refractivity contribution in [1.29, 1.82) is 0 Å². The maximum absolute atomic E-state index is 3.32. The third-order valence-electron chi connectivity index (χ3n) is 4.78. The van der Waals surface area contributed by atoms with Crippen molar-refractivity contribution < 1.29 is 0 Å². The van der Waals surface area contributed by atoms with E-state index in [9.17, 15) is 0 Å². The second kappa shape index (κ2) is 5.05. The summed E-state index contributed by atoms with van der Waals surface area (Å²) in [7, 11) is 2.08. The Morgan fingerprint density at radius 2 is 1.88 bits per heavy atom. The number of likely N-dealkylation sites (tertiary alicyclic amines) is 1. The fourth-order valence-electron chi connectivity index (χ4n) is 3.74. The third kappa shape index (κ3) is 2.60. The molecule has 1 unspecified atom stereocenters. The smallest absolute Gasteiger partial charge is 0.0146 e. The molecule has 2 nitrogen and oxygen atoms in total. The molecule has 2 aliphatic rings. The van der Waals surface area contributed by atoms with Crippen molar-refractivity contribution in [2.75, 3.05) is 26.7 Å². The molecule has 0 aromatic rings. The van der Waals surface area contributed by atoms with Gasteiger partial charge in [-0.25, -0.2) is 0 Å². The Labute approximate surface area is 101 Å². The molecule has 16 heavy (non-hydrogen) atoms. The fourth-order valence-corrected chi connectivity index (χ4v) is 3.74. The van der Waals surface area contributed by atoms with E-state index in [0.29, 0.717) is 5.41 Å². The lowest BCUT2D eigenvalue weighted by atomic mass is 9.84. The molecule has 94 valence electrons. The van der Waals surface area contributed by atoms with E-state index >= 15 is 0 Å². The average molecular weight is 224 g/mol. The summed E-state index contributed by atoms with van der Waals surface area (Å²) in [4.78, 5) is 2.78. The van der Waals surface area contributed by atoms with E-state index in [4.69, 9.17) is 0 Å². The van der Waals surface area contributed by atoms with Crippen LogP contribution < -0.4 is 5.32 Å². The number of hydrogen-bond donors (Lipinski definition) is 1. The zero-order valence-corrected chi connectivity index (χ0v) is 11.3. The molecule has 1 N–H and O–H groups in total. The van der Waals surface area contributed by atoms with Crippen LogP contribution in [0.1, 0.15) is 46.0 Å². The third-order valence-corrected chi connectivity index (χ3v) is 4.78. The van der Waals surface area contributed by atoms with E-state index in [2.05, 4.69) is 31.1 Å². The minimum absolute atomic E-state index is 0.565. The molecular weight excluding hydrogens is 196 g/mol. The highest BCUT2D eigenvalue weighted by Crippen LogP contribution is 2.41. The van der Waals surface area contributed by atoms with E-state index < -0.39 is 0 Å². The van der Waals surface area contributed by atoms with Crippen LogP contribution in [-0.4, -0.2) is 37.6 Å². The summed E-state index contributed by atoms with van der Waals surface area (Å²) in [6.45, 7) is 8.80. The van der Waals surface area contributed by atoms with Crippen molar-refractivity contribution in [3.8, 4) is 0 Å². The molecule has 0 bridgehead atoms. The van der Waals surface area contributed by atoms with Crippen molar-refractivity contribution in [2.24, 2.45) is 11.3 Å². The van der Waals surface area contributed by atoms with E-state index in [1.165, 1.54) is 51.7 Å². The van der Waals surface area contributed by atoms with E-state index in [1.807, 2.05) is 0 Å². The largest absolute Gasteiger partial charge is 0.319 e. The quantitative estimate of drug-likeness (QED) is 0.792. The van der Waals surface area contributed by atoms with Gasteiger partial charge in [0.05, 0.1) is 0 Å². The second-order valence-electron chi connectivity index (χ2n) is 6.43. The minimum Gasteiger partial charge on any atom is -0.319 e. The van der Waals surface area contributed by atoms with Gasteiger partial charge in [-0.2, -0.15) is 0 Å². The average Bonchev–Trinajstić information content (AvgIpc) is 2.60. The van der Waals surface area contributed by atoms with Gasteiger partial charge in [0.15, 0.2) is 0 Å². The van der Waals surface area contributed by atoms with Crippen LogP contribution >= 0.6 is 0 Å². The van der Waals surface area contributed by atoms with Crippen LogP contribution in [0.4, 0.5) is 0 Å². The van der Waals surface area contributed by atoms with Gasteiger partial charge in [-0.05, 0) is 63.7 Å². The Bertz CT molecular complexity index is 217. The molecule has 1 aliphatic heterocycles. The molecular formula is C14H28N2. The second-order valence-corrected chi connectivity index (χ2v) is 6.43. The van der Waals surface area contributed by atoms with E-state index in [-0.39, 0.29) is 0 Å². The molecule has 2 rings (SSSR count). The summed E-state index contributed by atoms with van der Waals surface area (Å²) in [5.74, 6) is 0.922. The SMILES string of the molecule is CNCC1CCN(C2CCCC2(C)C)CC1. The van der Waals surface area contributed by atoms with Crippen molar-refractivity contribution in [3.63, 3.8) is 0 Å². The summed E-state index contributed by atoms with van der Waals surface area (Å²) >= 11 is 0. The van der Waals surface area contributed by atoms with Crippen LogP contribution in [0, 0.1) is 11.3 Å². The van der Waals surface area contributed by atoms with Gasteiger partial charge in [0.1, 0.15) is 0 Å². The van der Waals surface area contributed by atoms with Gasteiger partial charge in [0, 0.05) is 6.04 Å². The first-order valence-electron chi connectivity index (χ1n) is 7.02. The number of piperidine rings is 1. The molecule has 0 spiro atoms. The minimum atomic E-state index is 0.565. The first kappa shape index (κ1) is 12.4. The van der Waals surface area contributed by atoms with Gasteiger partial charge in [0.2, 0.25) is 0 Å². The maximum Gasteiger partial charge on any atom is 0.0146 e. The molecule has 0 aromatic heterocycles. The monoisotopic (exact) mass is 224 g/mol. The highest BCUT2D eigenvalue weighted by Gasteiger charge is 2.39. The van der Waals surface area contributed by atoms with Gasteiger partial charge >= 0.3 is 0 Å². The van der Waals surface area contributed by atoms with Crippen molar-refractivity contribution >= 4 is 0 Å². The van der Waals surface area contributed by atoms with Crippen LogP contribution in [0.3, 0.4) is 0 Å². The molecule has 0 aromatic carbocycles. The Morgan fingerprint density at radius 1 is 1.19 bits per heavy atom. The van der Waals surface area contributed by atoms with E-state index in [1.54, 1.807) is 0 Å². The summed E-state index contributed by atoms with van der Waals surface area (Å²) in [5, 5.41) is 3.32. The van der Waals surface area contributed by atoms with Crippen molar-refractivity contribution in [3.05, 3.63) is 0 Å². The number of nitrogens with zero attached hydrogens (tertiary/aromatic N) is 1. The molecule has 2 heteroatoms. The summed E-state index contributed by atoms with van der Waals surface area (Å²) in [6.07, 6.45) is 7.09. The number of rotatable bonds is 3. The van der Waals surface area contributed by atoms with Gasteiger partial charge in [-0.3, -0.25) is 4.90 Å². The molecule has 1 saturated heterocycles. The number of hydrogen-bond acceptors (Lipinski definition) is 2. The molecule has 0 radical (unpaired) electrons. The van der Waals surface area contributed by atoms with Crippen molar-refractivity contribution in [2.45, 2.75) is 52.0 Å². The van der Waals surface area contributed by atoms with Gasteiger partial charge < -0.3 is 5.32 Å². The van der Waals surface area contributed by atoms with Gasteiger partial charge in [-0.15, -0.1) is 0 Å². The van der Waals surface area contributed by atoms with Crippen molar-refractivity contribution in [1.82, 2.24) is 10.2 Å². The van der Waals surface area contributed by atoms with Crippen LogP contribution in [0.2, 0.25) is 0 Å². The van der Waals surface area contributed by atoms with Crippen LogP contribution in [0.15, 0.2) is 0 Å². The molecule has 1 saturated carbocycles. The van der Waals surface area contributed by atoms with Crippen LogP contribution in [0.5, 0.6) is 0 Å². The Balaban J connectivity index is 1.84. The van der Waals surface area contributed by atoms with Gasteiger partial charge in [0.25, 0.3) is 0 Å². The fraction of sp³-hybridized carbons (Fsp3) is 1.00. The first-order valence-corrected chi connectivity index (χ1v) is 7.02. The maximum atomic E-state index is 3.32. The zero-order chi connectivity index (χ0) is 11.6. The Kier molecular flexibility index (Phi) is 3.91. The van der Waals surface area contributed by atoms with Crippen LogP contribution in [0.25, 0.3) is 0 Å². The van der Waals surface area contributed by atoms with Crippen LogP contribution in [-0.2, 0) is 0 Å². The number of nitrogens with one attached hydrogen (secondary N) is 1. The summed E-state index contributed by atoms with van der Waals surface area (Å²) in [6, 6.07) is 0.864. The predicted octanol–water partition coefficient (Wildman–Crippen LogP) is 2.50. The molecule has 0 amide bonds. The normalized spacial score (nSPS) is 32.1. The first-order chi connectivity index (χ1) is 7.63. The summed E-state index contributed by atoms with van der Waals surface area (Å²) in [5.41, 5.74) is 0.565. The summed E-state index contributed by atoms with van der Waals surface area (Å²) < 4.78 is 0. The lowest BCUT2D eigenvalue weighted by Gasteiger charge is -2.41. The Hall–Kier alpha value is -0.0800. The topological polar surface area (TPSA) is 15.3 Å². The highest BCUT2D eigenvalue weighted by atomic mass is 15.2. The molecule has 1 heterocycles. The standard InChI is InChI=1S/C14H28N2/c1-14(2)8-4-5-13(14)16-9-6-12(7-10-16)11-15-3/h12-13,15H,4-11H2,1-3H3.